The monoisotopic (exact) mass is 498 g/mol. The first-order valence-corrected chi connectivity index (χ1v) is 11.5. The maximum Gasteiger partial charge on any atom is 0.0483 e. The lowest BCUT2D eigenvalue weighted by atomic mass is 9.70. The van der Waals surface area contributed by atoms with Gasteiger partial charge in [0, 0.05) is 62.2 Å². The lowest BCUT2D eigenvalue weighted by Crippen LogP contribution is -2.27. The van der Waals surface area contributed by atoms with Gasteiger partial charge in [0.15, 0.2) is 0 Å². The van der Waals surface area contributed by atoms with Crippen LogP contribution in [0.2, 0.25) is 0 Å². The van der Waals surface area contributed by atoms with Crippen LogP contribution in [-0.2, 0) is 20.5 Å². The van der Waals surface area contributed by atoms with Crippen LogP contribution in [0.25, 0.3) is 21.8 Å². The minimum Gasteiger partial charge on any atom is -0.347 e. The Bertz CT molecular complexity index is 1230. The van der Waals surface area contributed by atoms with Gasteiger partial charge in [-0.2, -0.15) is 0 Å². The van der Waals surface area contributed by atoms with Crippen molar-refractivity contribution >= 4 is 53.7 Å². The van der Waals surface area contributed by atoms with Crippen LogP contribution in [0.15, 0.2) is 51.4 Å². The van der Waals surface area contributed by atoms with Crippen molar-refractivity contribution in [3.8, 4) is 0 Å². The van der Waals surface area contributed by atoms with Crippen LogP contribution in [-0.4, -0.2) is 9.13 Å². The summed E-state index contributed by atoms with van der Waals surface area (Å²) in [4.78, 5) is 0. The Balaban J connectivity index is 1.72. The van der Waals surface area contributed by atoms with Crippen molar-refractivity contribution in [2.75, 3.05) is 0 Å². The number of halogens is 2. The molecule has 28 heavy (non-hydrogen) atoms. The van der Waals surface area contributed by atoms with Gasteiger partial charge in [-0.25, -0.2) is 0 Å². The fourth-order valence-corrected chi connectivity index (χ4v) is 6.31. The average Bonchev–Trinajstić information content (AvgIpc) is 3.10. The smallest absolute Gasteiger partial charge is 0.0483 e. The first-order valence-electron chi connectivity index (χ1n) is 9.88. The van der Waals surface area contributed by atoms with Crippen molar-refractivity contribution in [2.45, 2.75) is 32.1 Å². The molecule has 0 aliphatic heterocycles. The van der Waals surface area contributed by atoms with Crippen molar-refractivity contribution in [3.05, 3.63) is 68.4 Å². The van der Waals surface area contributed by atoms with Gasteiger partial charge in [-0.05, 0) is 66.3 Å². The van der Waals surface area contributed by atoms with E-state index in [0.717, 1.165) is 15.4 Å². The fraction of sp³-hybridized carbons (Fsp3) is 0.333. The second kappa shape index (κ2) is 6.50. The molecule has 0 N–H and O–H groups in total. The molecule has 2 aromatic heterocycles. The molecule has 2 heterocycles. The number of rotatable bonds is 1. The molecular weight excluding hydrogens is 476 g/mol. The van der Waals surface area contributed by atoms with Crippen molar-refractivity contribution in [1.29, 1.82) is 0 Å². The average molecular weight is 500 g/mol. The van der Waals surface area contributed by atoms with Gasteiger partial charge >= 0.3 is 0 Å². The minimum atomic E-state index is 0.475. The van der Waals surface area contributed by atoms with Crippen LogP contribution in [0.5, 0.6) is 0 Å². The van der Waals surface area contributed by atoms with E-state index in [1.807, 2.05) is 0 Å². The standard InChI is InChI=1S/C24H24Br2N2/c1-13-9-21-24(18-12-17(26)6-8-20(18)28(21)4)14(2)23(13)22-11-15-10-16(25)5-7-19(15)27(22)3/h5-8,10-14,23H,9H2,1-4H3. The van der Waals surface area contributed by atoms with Crippen LogP contribution < -0.4 is 0 Å². The maximum atomic E-state index is 3.69. The van der Waals surface area contributed by atoms with E-state index in [9.17, 15) is 0 Å². The van der Waals surface area contributed by atoms with Crippen molar-refractivity contribution in [1.82, 2.24) is 9.13 Å². The molecule has 2 aromatic carbocycles. The Hall–Kier alpha value is -1.52. The third-order valence-electron chi connectivity index (χ3n) is 6.83. The lowest BCUT2D eigenvalue weighted by molar-refractivity contribution is 0.360. The Kier molecular flexibility index (Phi) is 4.29. The Morgan fingerprint density at radius 3 is 2.29 bits per heavy atom. The third kappa shape index (κ3) is 2.57. The van der Waals surface area contributed by atoms with Gasteiger partial charge in [0.2, 0.25) is 0 Å². The zero-order valence-corrected chi connectivity index (χ0v) is 19.8. The molecule has 5 rings (SSSR count). The zero-order chi connectivity index (χ0) is 19.7. The summed E-state index contributed by atoms with van der Waals surface area (Å²) >= 11 is 7.31. The number of aryl methyl sites for hydroxylation is 2. The molecule has 3 atom stereocenters. The zero-order valence-electron chi connectivity index (χ0n) is 16.6. The van der Waals surface area contributed by atoms with Crippen molar-refractivity contribution in [2.24, 2.45) is 20.0 Å². The molecule has 0 bridgehead atoms. The molecule has 0 fully saturated rings. The molecule has 0 amide bonds. The summed E-state index contributed by atoms with van der Waals surface area (Å²) in [6.07, 6.45) is 1.12. The molecule has 144 valence electrons. The van der Waals surface area contributed by atoms with E-state index in [0.29, 0.717) is 17.8 Å². The molecule has 4 aromatic rings. The van der Waals surface area contributed by atoms with E-state index in [-0.39, 0.29) is 0 Å². The highest BCUT2D eigenvalue weighted by Gasteiger charge is 2.37. The molecule has 0 saturated heterocycles. The number of hydrogen-bond acceptors (Lipinski definition) is 0. The summed E-state index contributed by atoms with van der Waals surface area (Å²) in [6.45, 7) is 4.85. The molecule has 0 spiro atoms. The van der Waals surface area contributed by atoms with Crippen LogP contribution in [0.4, 0.5) is 0 Å². The summed E-state index contributed by atoms with van der Waals surface area (Å²) < 4.78 is 7.12. The maximum absolute atomic E-state index is 3.69. The second-order valence-electron chi connectivity index (χ2n) is 8.41. The number of nitrogens with zero attached hydrogens (tertiary/aromatic N) is 2. The first-order chi connectivity index (χ1) is 13.4. The highest BCUT2D eigenvalue weighted by atomic mass is 79.9. The number of benzene rings is 2. The fourth-order valence-electron chi connectivity index (χ4n) is 5.57. The molecule has 2 nitrogen and oxygen atoms in total. The van der Waals surface area contributed by atoms with E-state index in [2.05, 4.69) is 111 Å². The highest BCUT2D eigenvalue weighted by Crippen LogP contribution is 2.49. The largest absolute Gasteiger partial charge is 0.347 e. The molecule has 4 heteroatoms. The van der Waals surface area contributed by atoms with E-state index < -0.39 is 0 Å². The van der Waals surface area contributed by atoms with Crippen molar-refractivity contribution < 1.29 is 0 Å². The second-order valence-corrected chi connectivity index (χ2v) is 10.2. The molecular formula is C24H24Br2N2. The third-order valence-corrected chi connectivity index (χ3v) is 7.82. The minimum absolute atomic E-state index is 0.475. The van der Waals surface area contributed by atoms with E-state index >= 15 is 0 Å². The van der Waals surface area contributed by atoms with Gasteiger partial charge < -0.3 is 9.13 Å². The van der Waals surface area contributed by atoms with Gasteiger partial charge in [-0.3, -0.25) is 0 Å². The Morgan fingerprint density at radius 2 is 1.54 bits per heavy atom. The van der Waals surface area contributed by atoms with Gasteiger partial charge in [0.05, 0.1) is 0 Å². The van der Waals surface area contributed by atoms with Crippen molar-refractivity contribution in [3.63, 3.8) is 0 Å². The summed E-state index contributed by atoms with van der Waals surface area (Å²) in [5.41, 5.74) is 7.14. The molecule has 3 unspecified atom stereocenters. The van der Waals surface area contributed by atoms with Crippen LogP contribution >= 0.6 is 31.9 Å². The number of hydrogen-bond donors (Lipinski definition) is 0. The quantitative estimate of drug-likeness (QED) is 0.260. The number of aromatic nitrogens is 2. The van der Waals surface area contributed by atoms with Gasteiger partial charge in [0.1, 0.15) is 0 Å². The predicted molar refractivity (Wildman–Crippen MR) is 125 cm³/mol. The van der Waals surface area contributed by atoms with Gasteiger partial charge in [-0.1, -0.05) is 45.7 Å². The summed E-state index contributed by atoms with van der Waals surface area (Å²) in [5, 5.41) is 2.72. The predicted octanol–water partition coefficient (Wildman–Crippen LogP) is 7.27. The summed E-state index contributed by atoms with van der Waals surface area (Å²) in [5.74, 6) is 1.58. The van der Waals surface area contributed by atoms with Crippen LogP contribution in [0.3, 0.4) is 0 Å². The Labute approximate surface area is 182 Å². The van der Waals surface area contributed by atoms with E-state index in [4.69, 9.17) is 0 Å². The summed E-state index contributed by atoms with van der Waals surface area (Å²) in [6, 6.07) is 15.7. The van der Waals surface area contributed by atoms with E-state index in [1.165, 1.54) is 38.8 Å². The lowest BCUT2D eigenvalue weighted by Gasteiger charge is -2.36. The highest BCUT2D eigenvalue weighted by molar-refractivity contribution is 9.10. The molecule has 0 radical (unpaired) electrons. The van der Waals surface area contributed by atoms with Gasteiger partial charge in [0.25, 0.3) is 0 Å². The van der Waals surface area contributed by atoms with E-state index in [1.54, 1.807) is 0 Å². The normalized spacial score (nSPS) is 22.1. The SMILES string of the molecule is CC1Cc2c(c3cc(Br)ccc3n2C)C(C)C1c1cc2cc(Br)ccc2n1C. The Morgan fingerprint density at radius 1 is 0.857 bits per heavy atom. The van der Waals surface area contributed by atoms with Crippen LogP contribution in [0, 0.1) is 5.92 Å². The van der Waals surface area contributed by atoms with Crippen LogP contribution in [0.1, 0.15) is 42.6 Å². The molecule has 0 saturated carbocycles. The molecule has 1 aliphatic rings. The topological polar surface area (TPSA) is 9.86 Å². The molecule has 1 aliphatic carbocycles. The number of fused-ring (bicyclic) bond motifs is 4. The first kappa shape index (κ1) is 18.5. The summed E-state index contributed by atoms with van der Waals surface area (Å²) in [7, 11) is 4.45. The van der Waals surface area contributed by atoms with Gasteiger partial charge in [-0.15, -0.1) is 0 Å².